The fourth-order valence-electron chi connectivity index (χ4n) is 4.01. The SMILES string of the molecule is O=C(c1cncc(N2CCOCC2)c1)N1CCC(Cc2ccccc2)CC1. The maximum atomic E-state index is 12.9. The van der Waals surface area contributed by atoms with Crippen LogP contribution >= 0.6 is 0 Å². The number of nitrogens with zero attached hydrogens (tertiary/aromatic N) is 3. The normalized spacial score (nSPS) is 18.5. The number of likely N-dealkylation sites (tertiary alicyclic amines) is 1. The summed E-state index contributed by atoms with van der Waals surface area (Å²) in [6.07, 6.45) is 6.78. The van der Waals surface area contributed by atoms with Gasteiger partial charge in [0, 0.05) is 32.4 Å². The van der Waals surface area contributed by atoms with Crippen LogP contribution in [0.1, 0.15) is 28.8 Å². The molecular weight excluding hydrogens is 338 g/mol. The molecule has 142 valence electrons. The average molecular weight is 365 g/mol. The number of aromatic nitrogens is 1. The zero-order chi connectivity index (χ0) is 18.5. The predicted molar refractivity (Wildman–Crippen MR) is 106 cm³/mol. The van der Waals surface area contributed by atoms with Crippen molar-refractivity contribution in [3.8, 4) is 0 Å². The number of hydrogen-bond acceptors (Lipinski definition) is 4. The fraction of sp³-hybridized carbons (Fsp3) is 0.455. The van der Waals surface area contributed by atoms with Gasteiger partial charge in [0.2, 0.25) is 0 Å². The zero-order valence-electron chi connectivity index (χ0n) is 15.7. The van der Waals surface area contributed by atoms with E-state index in [4.69, 9.17) is 4.74 Å². The average Bonchev–Trinajstić information content (AvgIpc) is 2.75. The lowest BCUT2D eigenvalue weighted by molar-refractivity contribution is 0.0690. The van der Waals surface area contributed by atoms with Gasteiger partial charge in [-0.25, -0.2) is 0 Å². The number of carbonyl (C=O) groups is 1. The minimum atomic E-state index is 0.107. The zero-order valence-corrected chi connectivity index (χ0v) is 15.7. The third-order valence-electron chi connectivity index (χ3n) is 5.62. The highest BCUT2D eigenvalue weighted by atomic mass is 16.5. The first-order valence-electron chi connectivity index (χ1n) is 9.90. The highest BCUT2D eigenvalue weighted by Gasteiger charge is 2.24. The largest absolute Gasteiger partial charge is 0.378 e. The molecule has 0 aliphatic carbocycles. The van der Waals surface area contributed by atoms with Crippen LogP contribution in [0.2, 0.25) is 0 Å². The first kappa shape index (κ1) is 18.0. The Morgan fingerprint density at radius 2 is 1.78 bits per heavy atom. The summed E-state index contributed by atoms with van der Waals surface area (Å²) in [4.78, 5) is 21.5. The molecule has 0 bridgehead atoms. The summed E-state index contributed by atoms with van der Waals surface area (Å²) >= 11 is 0. The van der Waals surface area contributed by atoms with Crippen molar-refractivity contribution in [1.29, 1.82) is 0 Å². The van der Waals surface area contributed by atoms with Gasteiger partial charge in [-0.15, -0.1) is 0 Å². The van der Waals surface area contributed by atoms with Gasteiger partial charge in [0.05, 0.1) is 30.7 Å². The second kappa shape index (κ2) is 8.53. The number of carbonyl (C=O) groups excluding carboxylic acids is 1. The Labute approximate surface area is 161 Å². The van der Waals surface area contributed by atoms with Gasteiger partial charge in [-0.05, 0) is 36.8 Å². The molecule has 0 saturated carbocycles. The van der Waals surface area contributed by atoms with E-state index in [0.717, 1.165) is 64.3 Å². The van der Waals surface area contributed by atoms with Crippen molar-refractivity contribution in [2.45, 2.75) is 19.3 Å². The molecule has 3 heterocycles. The Morgan fingerprint density at radius 3 is 2.52 bits per heavy atom. The van der Waals surface area contributed by atoms with E-state index in [-0.39, 0.29) is 5.91 Å². The summed E-state index contributed by atoms with van der Waals surface area (Å²) in [6, 6.07) is 12.6. The first-order chi connectivity index (χ1) is 13.3. The molecule has 0 unspecified atom stereocenters. The molecule has 0 radical (unpaired) electrons. The van der Waals surface area contributed by atoms with E-state index in [0.29, 0.717) is 11.5 Å². The Hall–Kier alpha value is -2.40. The van der Waals surface area contributed by atoms with E-state index in [2.05, 4.69) is 40.2 Å². The van der Waals surface area contributed by atoms with Crippen LogP contribution in [0, 0.1) is 5.92 Å². The van der Waals surface area contributed by atoms with Crippen LogP contribution in [0.15, 0.2) is 48.8 Å². The number of pyridine rings is 1. The Morgan fingerprint density at radius 1 is 1.04 bits per heavy atom. The van der Waals surface area contributed by atoms with Gasteiger partial charge in [0.15, 0.2) is 0 Å². The maximum Gasteiger partial charge on any atom is 0.255 e. The Kier molecular flexibility index (Phi) is 5.68. The van der Waals surface area contributed by atoms with Gasteiger partial charge >= 0.3 is 0 Å². The van der Waals surface area contributed by atoms with E-state index in [1.54, 1.807) is 6.20 Å². The predicted octanol–water partition coefficient (Wildman–Crippen LogP) is 3.01. The Bertz CT molecular complexity index is 751. The third kappa shape index (κ3) is 4.48. The van der Waals surface area contributed by atoms with Crippen molar-refractivity contribution in [2.75, 3.05) is 44.3 Å². The molecule has 2 aliphatic rings. The topological polar surface area (TPSA) is 45.7 Å². The van der Waals surface area contributed by atoms with Crippen LogP contribution in [0.4, 0.5) is 5.69 Å². The minimum absolute atomic E-state index is 0.107. The lowest BCUT2D eigenvalue weighted by atomic mass is 9.90. The molecule has 0 N–H and O–H groups in total. The second-order valence-electron chi connectivity index (χ2n) is 7.46. The summed E-state index contributed by atoms with van der Waals surface area (Å²) in [5, 5.41) is 0. The van der Waals surface area contributed by atoms with Gasteiger partial charge in [-0.1, -0.05) is 30.3 Å². The molecule has 27 heavy (non-hydrogen) atoms. The van der Waals surface area contributed by atoms with Crippen molar-refractivity contribution >= 4 is 11.6 Å². The monoisotopic (exact) mass is 365 g/mol. The number of piperidine rings is 1. The lowest BCUT2D eigenvalue weighted by Gasteiger charge is -2.32. The molecule has 2 aliphatic heterocycles. The van der Waals surface area contributed by atoms with E-state index >= 15 is 0 Å². The summed E-state index contributed by atoms with van der Waals surface area (Å²) in [7, 11) is 0. The van der Waals surface area contributed by atoms with Crippen LogP contribution < -0.4 is 4.90 Å². The minimum Gasteiger partial charge on any atom is -0.378 e. The standard InChI is InChI=1S/C22H27N3O2/c26-22(20-15-21(17-23-16-20)24-10-12-27-13-11-24)25-8-6-19(7-9-25)14-18-4-2-1-3-5-18/h1-5,15-17,19H,6-14H2. The molecule has 0 atom stereocenters. The van der Waals surface area contributed by atoms with Gasteiger partial charge in [0.25, 0.3) is 5.91 Å². The smallest absolute Gasteiger partial charge is 0.255 e. The molecule has 2 fully saturated rings. The van der Waals surface area contributed by atoms with Crippen LogP contribution in [0.5, 0.6) is 0 Å². The highest BCUT2D eigenvalue weighted by molar-refractivity contribution is 5.94. The number of rotatable bonds is 4. The van der Waals surface area contributed by atoms with Crippen molar-refractivity contribution in [1.82, 2.24) is 9.88 Å². The molecule has 2 aromatic rings. The van der Waals surface area contributed by atoms with Gasteiger partial charge in [0.1, 0.15) is 0 Å². The van der Waals surface area contributed by atoms with Crippen LogP contribution in [-0.2, 0) is 11.2 Å². The molecule has 5 heteroatoms. The molecule has 0 spiro atoms. The number of ether oxygens (including phenoxy) is 1. The molecule has 5 nitrogen and oxygen atoms in total. The Balaban J connectivity index is 1.35. The van der Waals surface area contributed by atoms with Crippen LogP contribution in [0.3, 0.4) is 0 Å². The maximum absolute atomic E-state index is 12.9. The van der Waals surface area contributed by atoms with E-state index in [1.807, 2.05) is 17.2 Å². The van der Waals surface area contributed by atoms with Crippen LogP contribution in [0.25, 0.3) is 0 Å². The quantitative estimate of drug-likeness (QED) is 0.836. The number of hydrogen-bond donors (Lipinski definition) is 0. The first-order valence-corrected chi connectivity index (χ1v) is 9.90. The van der Waals surface area contributed by atoms with E-state index in [1.165, 1.54) is 5.56 Å². The second-order valence-corrected chi connectivity index (χ2v) is 7.46. The van der Waals surface area contributed by atoms with E-state index in [9.17, 15) is 4.79 Å². The summed E-state index contributed by atoms with van der Waals surface area (Å²) in [6.45, 7) is 4.82. The number of morpholine rings is 1. The summed E-state index contributed by atoms with van der Waals surface area (Å²) < 4.78 is 5.41. The van der Waals surface area contributed by atoms with Crippen LogP contribution in [-0.4, -0.2) is 55.2 Å². The number of benzene rings is 1. The molecule has 2 saturated heterocycles. The fourth-order valence-corrected chi connectivity index (χ4v) is 4.01. The van der Waals surface area contributed by atoms with Crippen molar-refractivity contribution in [3.05, 3.63) is 59.9 Å². The summed E-state index contributed by atoms with van der Waals surface area (Å²) in [5.74, 6) is 0.769. The molecule has 1 aromatic heterocycles. The van der Waals surface area contributed by atoms with Crippen molar-refractivity contribution in [3.63, 3.8) is 0 Å². The molecular formula is C22H27N3O2. The molecule has 1 amide bonds. The molecule has 4 rings (SSSR count). The van der Waals surface area contributed by atoms with Crippen molar-refractivity contribution in [2.24, 2.45) is 5.92 Å². The number of amides is 1. The van der Waals surface area contributed by atoms with Crippen molar-refractivity contribution < 1.29 is 9.53 Å². The van der Waals surface area contributed by atoms with Gasteiger partial charge < -0.3 is 14.5 Å². The number of anilines is 1. The van der Waals surface area contributed by atoms with Gasteiger partial charge in [-0.3, -0.25) is 9.78 Å². The van der Waals surface area contributed by atoms with E-state index < -0.39 is 0 Å². The lowest BCUT2D eigenvalue weighted by Crippen LogP contribution is -2.39. The molecule has 1 aromatic carbocycles. The highest BCUT2D eigenvalue weighted by Crippen LogP contribution is 2.24. The summed E-state index contributed by atoms with van der Waals surface area (Å²) in [5.41, 5.74) is 3.10. The van der Waals surface area contributed by atoms with Gasteiger partial charge in [-0.2, -0.15) is 0 Å². The third-order valence-corrected chi connectivity index (χ3v) is 5.62.